The molecular weight excluding hydrogens is 574 g/mol. The number of amides is 1. The molecule has 3 aliphatic heterocycles. The molecule has 1 aromatic carbocycles. The molecule has 11 heteroatoms. The van der Waals surface area contributed by atoms with Crippen LogP contribution in [0, 0.1) is 5.92 Å². The maximum absolute atomic E-state index is 14.6. The highest BCUT2D eigenvalue weighted by Gasteiger charge is 2.35. The summed E-state index contributed by atoms with van der Waals surface area (Å²) in [4.78, 5) is 19.2. The standard InChI is InChI=1S/C34H46F2N8O/c1-4-41(27-17-37-18-27)19-23-7-9-26(10-8-23)44-31-11-13-42(22(2)45)21-30(31)34(39-44)43-12-5-6-24-14-28(25-16-38-40(3)20-25)29(33(35)36)15-32(24)43/h14-16,20,23,26-27,33,37H,4-13,17-19,21H2,1-3H3. The molecule has 0 spiro atoms. The molecule has 3 aromatic rings. The van der Waals surface area contributed by atoms with Gasteiger partial charge in [-0.3, -0.25) is 19.1 Å². The molecule has 45 heavy (non-hydrogen) atoms. The van der Waals surface area contributed by atoms with E-state index < -0.39 is 6.43 Å². The van der Waals surface area contributed by atoms with Crippen LogP contribution in [-0.2, 0) is 31.2 Å². The fraction of sp³-hybridized carbons (Fsp3) is 0.618. The van der Waals surface area contributed by atoms with E-state index in [-0.39, 0.29) is 11.5 Å². The van der Waals surface area contributed by atoms with Gasteiger partial charge in [0, 0.05) is 93.4 Å². The van der Waals surface area contributed by atoms with E-state index in [0.29, 0.717) is 48.8 Å². The molecule has 0 bridgehead atoms. The summed E-state index contributed by atoms with van der Waals surface area (Å²) < 4.78 is 33.1. The lowest BCUT2D eigenvalue weighted by molar-refractivity contribution is -0.129. The van der Waals surface area contributed by atoms with Crippen molar-refractivity contribution in [3.63, 3.8) is 0 Å². The number of benzene rings is 1. The number of halogens is 2. The predicted octanol–water partition coefficient (Wildman–Crippen LogP) is 5.24. The monoisotopic (exact) mass is 620 g/mol. The van der Waals surface area contributed by atoms with Crippen LogP contribution in [0.1, 0.15) is 80.8 Å². The molecule has 2 aromatic heterocycles. The molecule has 2 fully saturated rings. The van der Waals surface area contributed by atoms with Crippen LogP contribution in [0.3, 0.4) is 0 Å². The molecule has 5 heterocycles. The second-order valence-corrected chi connectivity index (χ2v) is 13.5. The zero-order chi connectivity index (χ0) is 31.2. The summed E-state index contributed by atoms with van der Waals surface area (Å²) in [5.41, 5.74) is 5.42. The minimum atomic E-state index is -2.62. The Bertz CT molecular complexity index is 1540. The van der Waals surface area contributed by atoms with Gasteiger partial charge < -0.3 is 15.1 Å². The fourth-order valence-electron chi connectivity index (χ4n) is 8.05. The molecular formula is C34H46F2N8O. The highest BCUT2D eigenvalue weighted by molar-refractivity contribution is 5.78. The first kappa shape index (κ1) is 30.3. The van der Waals surface area contributed by atoms with Gasteiger partial charge in [-0.25, -0.2) is 8.78 Å². The van der Waals surface area contributed by atoms with Crippen molar-refractivity contribution in [3.8, 4) is 11.1 Å². The van der Waals surface area contributed by atoms with Crippen LogP contribution in [-0.4, -0.2) is 80.6 Å². The second-order valence-electron chi connectivity index (χ2n) is 13.5. The number of hydrogen-bond acceptors (Lipinski definition) is 6. The molecule has 1 amide bonds. The maximum atomic E-state index is 14.6. The third-order valence-electron chi connectivity index (χ3n) is 10.7. The van der Waals surface area contributed by atoms with Crippen molar-refractivity contribution >= 4 is 17.4 Å². The SMILES string of the molecule is CCN(CC1CCC(n2nc(N3CCCc4cc(-c5cnn(C)c5)c(C(F)F)cc43)c3c2CCN(C(C)=O)C3)CC1)C1CNC1. The van der Waals surface area contributed by atoms with E-state index in [4.69, 9.17) is 5.10 Å². The van der Waals surface area contributed by atoms with Crippen LogP contribution in [0.4, 0.5) is 20.3 Å². The lowest BCUT2D eigenvalue weighted by Gasteiger charge is -2.41. The van der Waals surface area contributed by atoms with Crippen molar-refractivity contribution < 1.29 is 13.6 Å². The number of carbonyl (C=O) groups excluding carboxylic acids is 1. The number of fused-ring (bicyclic) bond motifs is 2. The highest BCUT2D eigenvalue weighted by Crippen LogP contribution is 2.44. The fourth-order valence-corrected chi connectivity index (χ4v) is 8.05. The van der Waals surface area contributed by atoms with Crippen molar-refractivity contribution in [2.24, 2.45) is 13.0 Å². The Morgan fingerprint density at radius 1 is 1.13 bits per heavy atom. The third kappa shape index (κ3) is 5.78. The number of likely N-dealkylation sites (N-methyl/N-ethyl adjacent to an activating group) is 1. The quantitative estimate of drug-likeness (QED) is 0.372. The predicted molar refractivity (Wildman–Crippen MR) is 171 cm³/mol. The van der Waals surface area contributed by atoms with Gasteiger partial charge in [-0.05, 0) is 74.2 Å². The summed E-state index contributed by atoms with van der Waals surface area (Å²) >= 11 is 0. The van der Waals surface area contributed by atoms with Crippen LogP contribution in [0.5, 0.6) is 0 Å². The van der Waals surface area contributed by atoms with E-state index in [1.54, 1.807) is 37.1 Å². The Labute approximate surface area is 264 Å². The summed E-state index contributed by atoms with van der Waals surface area (Å²) in [6, 6.07) is 4.62. The van der Waals surface area contributed by atoms with E-state index in [9.17, 15) is 13.6 Å². The Hall–Kier alpha value is -3.31. The topological polar surface area (TPSA) is 74.5 Å². The number of carbonyl (C=O) groups is 1. The van der Waals surface area contributed by atoms with Gasteiger partial charge in [0.1, 0.15) is 0 Å². The van der Waals surface area contributed by atoms with Crippen molar-refractivity contribution in [3.05, 3.63) is 46.9 Å². The molecule has 4 aliphatic rings. The molecule has 9 nitrogen and oxygen atoms in total. The Morgan fingerprint density at radius 3 is 2.58 bits per heavy atom. The molecule has 1 aliphatic carbocycles. The van der Waals surface area contributed by atoms with Crippen molar-refractivity contribution in [2.75, 3.05) is 44.2 Å². The van der Waals surface area contributed by atoms with Gasteiger partial charge in [-0.2, -0.15) is 10.2 Å². The highest BCUT2D eigenvalue weighted by atomic mass is 19.3. The Kier molecular flexibility index (Phi) is 8.41. The smallest absolute Gasteiger partial charge is 0.264 e. The average molecular weight is 621 g/mol. The van der Waals surface area contributed by atoms with Gasteiger partial charge >= 0.3 is 0 Å². The molecule has 1 saturated heterocycles. The molecule has 0 unspecified atom stereocenters. The Balaban J connectivity index is 1.21. The zero-order valence-electron chi connectivity index (χ0n) is 26.8. The molecule has 1 N–H and O–H groups in total. The number of hydrogen-bond donors (Lipinski definition) is 1. The van der Waals surface area contributed by atoms with E-state index in [2.05, 4.69) is 31.8 Å². The van der Waals surface area contributed by atoms with Gasteiger partial charge in [-0.15, -0.1) is 0 Å². The van der Waals surface area contributed by atoms with Crippen LogP contribution in [0.25, 0.3) is 11.1 Å². The first-order valence-electron chi connectivity index (χ1n) is 16.8. The number of nitrogens with one attached hydrogen (secondary N) is 1. The Morgan fingerprint density at radius 2 is 1.93 bits per heavy atom. The molecule has 242 valence electrons. The number of aryl methyl sites for hydroxylation is 2. The van der Waals surface area contributed by atoms with Crippen LogP contribution >= 0.6 is 0 Å². The summed E-state index contributed by atoms with van der Waals surface area (Å²) in [5.74, 6) is 1.60. The molecule has 7 rings (SSSR count). The summed E-state index contributed by atoms with van der Waals surface area (Å²) in [6.07, 6.45) is 7.88. The van der Waals surface area contributed by atoms with Gasteiger partial charge in [-0.1, -0.05) is 6.92 Å². The lowest BCUT2D eigenvalue weighted by atomic mass is 9.85. The van der Waals surface area contributed by atoms with E-state index in [1.807, 2.05) is 11.0 Å². The number of aromatic nitrogens is 4. The average Bonchev–Trinajstić information content (AvgIpc) is 3.62. The minimum Gasteiger partial charge on any atom is -0.338 e. The maximum Gasteiger partial charge on any atom is 0.264 e. The number of anilines is 2. The number of alkyl halides is 2. The largest absolute Gasteiger partial charge is 0.338 e. The zero-order valence-corrected chi connectivity index (χ0v) is 26.8. The van der Waals surface area contributed by atoms with Crippen LogP contribution in [0.15, 0.2) is 24.5 Å². The lowest BCUT2D eigenvalue weighted by Crippen LogP contribution is -2.58. The normalized spacial score (nSPS) is 22.1. The third-order valence-corrected chi connectivity index (χ3v) is 10.7. The second kappa shape index (κ2) is 12.5. The van der Waals surface area contributed by atoms with Crippen LogP contribution in [0.2, 0.25) is 0 Å². The van der Waals surface area contributed by atoms with Crippen molar-refractivity contribution in [2.45, 2.75) is 83.8 Å². The van der Waals surface area contributed by atoms with Crippen molar-refractivity contribution in [1.29, 1.82) is 0 Å². The van der Waals surface area contributed by atoms with E-state index >= 15 is 0 Å². The summed E-state index contributed by atoms with van der Waals surface area (Å²) in [5, 5.41) is 13.0. The van der Waals surface area contributed by atoms with Gasteiger partial charge in [0.05, 0.1) is 18.8 Å². The molecule has 1 saturated carbocycles. The van der Waals surface area contributed by atoms with Crippen molar-refractivity contribution in [1.82, 2.24) is 34.7 Å². The van der Waals surface area contributed by atoms with Gasteiger partial charge in [0.2, 0.25) is 5.91 Å². The van der Waals surface area contributed by atoms with Gasteiger partial charge in [0.15, 0.2) is 5.82 Å². The van der Waals surface area contributed by atoms with Gasteiger partial charge in [0.25, 0.3) is 6.43 Å². The minimum absolute atomic E-state index is 0.0180. The number of rotatable bonds is 8. The summed E-state index contributed by atoms with van der Waals surface area (Å²) in [6.45, 7) is 10.3. The van der Waals surface area contributed by atoms with Crippen LogP contribution < -0.4 is 10.2 Å². The van der Waals surface area contributed by atoms with E-state index in [1.165, 1.54) is 25.1 Å². The number of nitrogens with zero attached hydrogens (tertiary/aromatic N) is 7. The first-order valence-corrected chi connectivity index (χ1v) is 16.8. The first-order chi connectivity index (χ1) is 21.8. The summed E-state index contributed by atoms with van der Waals surface area (Å²) in [7, 11) is 1.80. The molecule has 0 radical (unpaired) electrons. The van der Waals surface area contributed by atoms with E-state index in [0.717, 1.165) is 74.4 Å². The molecule has 0 atom stereocenters.